The molecule has 0 atom stereocenters. The highest BCUT2D eigenvalue weighted by Gasteiger charge is 2.02. The van der Waals surface area contributed by atoms with Gasteiger partial charge in [-0.1, -0.05) is 48.2 Å². The van der Waals surface area contributed by atoms with E-state index >= 15 is 0 Å². The number of carbonyl (C=O) groups excluding carboxylic acids is 2. The second kappa shape index (κ2) is 10.4. The predicted molar refractivity (Wildman–Crippen MR) is 84.7 cm³/mol. The van der Waals surface area contributed by atoms with Crippen LogP contribution in [0.1, 0.15) is 5.56 Å². The molecule has 23 heavy (non-hydrogen) atoms. The number of rotatable bonds is 5. The topological polar surface area (TPSA) is 92.3 Å². The summed E-state index contributed by atoms with van der Waals surface area (Å²) in [5.41, 5.74) is 1.41. The quantitative estimate of drug-likeness (QED) is 0.781. The second-order valence-electron chi connectivity index (χ2n) is 4.45. The summed E-state index contributed by atoms with van der Waals surface area (Å²) in [6.07, 6.45) is 1.08. The van der Waals surface area contributed by atoms with E-state index in [1.54, 1.807) is 0 Å². The summed E-state index contributed by atoms with van der Waals surface area (Å²) in [7, 11) is 1.99. The number of nitrogens with one attached hydrogen (secondary N) is 1. The minimum atomic E-state index is -2.19. The van der Waals surface area contributed by atoms with E-state index in [2.05, 4.69) is 59.9 Å². The van der Waals surface area contributed by atoms with E-state index in [0.717, 1.165) is 13.0 Å². The van der Waals surface area contributed by atoms with Crippen molar-refractivity contribution >= 4 is 23.7 Å². The van der Waals surface area contributed by atoms with Gasteiger partial charge in [-0.15, -0.1) is 0 Å². The van der Waals surface area contributed by atoms with Crippen LogP contribution in [-0.2, 0) is 16.0 Å². The molecule has 2 rings (SSSR count). The largest absolute Gasteiger partial charge is 0.543 e. The van der Waals surface area contributed by atoms with Gasteiger partial charge in [-0.2, -0.15) is 0 Å². The summed E-state index contributed by atoms with van der Waals surface area (Å²) in [5, 5.41) is 21.0. The average molecular weight is 331 g/mol. The number of benzene rings is 2. The molecule has 1 N–H and O–H groups in total. The fourth-order valence-electron chi connectivity index (χ4n) is 1.69. The molecule has 2 aromatic carbocycles. The average Bonchev–Trinajstić information content (AvgIpc) is 2.55. The van der Waals surface area contributed by atoms with Crippen LogP contribution < -0.4 is 15.5 Å². The molecule has 122 valence electrons. The maximum Gasteiger partial charge on any atom is 0.0870 e. The molecule has 0 saturated carbocycles. The Kier molecular flexibility index (Phi) is 8.49. The number of hydrogen-bond acceptors (Lipinski definition) is 6. The Labute approximate surface area is 139 Å². The molecular formula is C17H17NO4S-2. The van der Waals surface area contributed by atoms with Gasteiger partial charge in [0.25, 0.3) is 0 Å². The number of aliphatic carboxylic acids is 2. The third kappa shape index (κ3) is 7.49. The van der Waals surface area contributed by atoms with Gasteiger partial charge in [0.1, 0.15) is 0 Å². The third-order valence-corrected chi connectivity index (χ3v) is 3.88. The monoisotopic (exact) mass is 331 g/mol. The molecule has 0 amide bonds. The highest BCUT2D eigenvalue weighted by molar-refractivity contribution is 7.99. The first-order valence-corrected chi connectivity index (χ1v) is 7.74. The number of carbonyl (C=O) groups is 2. The third-order valence-electron chi connectivity index (χ3n) is 2.75. The number of hydrogen-bond donors (Lipinski definition) is 1. The van der Waals surface area contributed by atoms with Gasteiger partial charge in [0, 0.05) is 9.79 Å². The minimum Gasteiger partial charge on any atom is -0.543 e. The molecule has 0 saturated heterocycles. The Hall–Kier alpha value is -2.31. The van der Waals surface area contributed by atoms with Gasteiger partial charge >= 0.3 is 0 Å². The van der Waals surface area contributed by atoms with Crippen LogP contribution in [0.4, 0.5) is 0 Å². The van der Waals surface area contributed by atoms with E-state index in [0.29, 0.717) is 0 Å². The van der Waals surface area contributed by atoms with Crippen LogP contribution in [0.3, 0.4) is 0 Å². The Morgan fingerprint density at radius 1 is 0.957 bits per heavy atom. The van der Waals surface area contributed by atoms with Crippen molar-refractivity contribution in [3.63, 3.8) is 0 Å². The Morgan fingerprint density at radius 2 is 1.52 bits per heavy atom. The van der Waals surface area contributed by atoms with Crippen molar-refractivity contribution in [1.29, 1.82) is 0 Å². The van der Waals surface area contributed by atoms with E-state index in [1.807, 2.05) is 18.8 Å². The highest BCUT2D eigenvalue weighted by Crippen LogP contribution is 2.30. The molecule has 0 radical (unpaired) electrons. The van der Waals surface area contributed by atoms with Crippen LogP contribution in [-0.4, -0.2) is 25.5 Å². The second-order valence-corrected chi connectivity index (χ2v) is 5.57. The summed E-state index contributed by atoms with van der Waals surface area (Å²) in [4.78, 5) is 20.5. The van der Waals surface area contributed by atoms with Gasteiger partial charge in [0.15, 0.2) is 0 Å². The fraction of sp³-hybridized carbons (Fsp3) is 0.176. The SMILES string of the molecule is CNCCc1ccccc1Sc1ccccc1.O=C([O-])C(=O)[O-]. The minimum absolute atomic E-state index is 1.02. The molecule has 6 heteroatoms. The Bertz CT molecular complexity index is 620. The molecule has 0 bridgehead atoms. The molecule has 0 unspecified atom stereocenters. The van der Waals surface area contributed by atoms with Gasteiger partial charge in [0.2, 0.25) is 0 Å². The van der Waals surface area contributed by atoms with E-state index < -0.39 is 11.9 Å². The molecule has 0 heterocycles. The lowest BCUT2D eigenvalue weighted by atomic mass is 10.1. The van der Waals surface area contributed by atoms with Crippen LogP contribution in [0.15, 0.2) is 64.4 Å². The highest BCUT2D eigenvalue weighted by atomic mass is 32.2. The Morgan fingerprint density at radius 3 is 2.09 bits per heavy atom. The van der Waals surface area contributed by atoms with Crippen molar-refractivity contribution in [3.8, 4) is 0 Å². The van der Waals surface area contributed by atoms with Gasteiger partial charge in [-0.3, -0.25) is 0 Å². The van der Waals surface area contributed by atoms with Crippen LogP contribution in [0.25, 0.3) is 0 Å². The number of carboxylic acids is 2. The molecule has 0 aliphatic carbocycles. The van der Waals surface area contributed by atoms with E-state index in [4.69, 9.17) is 19.8 Å². The standard InChI is InChI=1S/C15H17NS.C2H2O4/c1-16-12-11-13-7-5-6-10-15(13)17-14-8-3-2-4-9-14;3-1(4)2(5)6/h2-10,16H,11-12H2,1H3;(H,3,4)(H,5,6)/p-2. The van der Waals surface area contributed by atoms with Gasteiger partial charge in [-0.05, 0) is 43.8 Å². The predicted octanol–water partition coefficient (Wildman–Crippen LogP) is 0.0859. The molecule has 0 fully saturated rings. The van der Waals surface area contributed by atoms with E-state index in [-0.39, 0.29) is 0 Å². The van der Waals surface area contributed by atoms with Crippen molar-refractivity contribution in [2.75, 3.05) is 13.6 Å². The van der Waals surface area contributed by atoms with Crippen molar-refractivity contribution in [2.24, 2.45) is 0 Å². The van der Waals surface area contributed by atoms with Crippen molar-refractivity contribution in [1.82, 2.24) is 5.32 Å². The van der Waals surface area contributed by atoms with Gasteiger partial charge in [0.05, 0.1) is 11.9 Å². The maximum atomic E-state index is 8.93. The number of likely N-dealkylation sites (N-methyl/N-ethyl adjacent to an activating group) is 1. The summed E-state index contributed by atoms with van der Waals surface area (Å²) < 4.78 is 0. The van der Waals surface area contributed by atoms with Crippen molar-refractivity contribution in [2.45, 2.75) is 16.2 Å². The lowest BCUT2D eigenvalue weighted by Crippen LogP contribution is -2.42. The smallest absolute Gasteiger partial charge is 0.0870 e. The normalized spacial score (nSPS) is 9.61. The molecule has 5 nitrogen and oxygen atoms in total. The number of carboxylic acid groups (broad SMARTS) is 2. The molecule has 0 aromatic heterocycles. The molecule has 0 spiro atoms. The van der Waals surface area contributed by atoms with Crippen LogP contribution >= 0.6 is 11.8 Å². The van der Waals surface area contributed by atoms with Crippen molar-refractivity contribution < 1.29 is 19.8 Å². The first-order chi connectivity index (χ1) is 11.0. The van der Waals surface area contributed by atoms with E-state index in [1.165, 1.54) is 15.4 Å². The zero-order chi connectivity index (χ0) is 17.1. The van der Waals surface area contributed by atoms with E-state index in [9.17, 15) is 0 Å². The van der Waals surface area contributed by atoms with Crippen LogP contribution in [0.2, 0.25) is 0 Å². The maximum absolute atomic E-state index is 8.93. The van der Waals surface area contributed by atoms with Gasteiger partial charge < -0.3 is 25.1 Å². The van der Waals surface area contributed by atoms with Crippen LogP contribution in [0.5, 0.6) is 0 Å². The first-order valence-electron chi connectivity index (χ1n) is 6.92. The fourth-order valence-corrected chi connectivity index (χ4v) is 2.68. The van der Waals surface area contributed by atoms with Crippen molar-refractivity contribution in [3.05, 3.63) is 60.2 Å². The Balaban J connectivity index is 0.000000379. The molecule has 2 aromatic rings. The first kappa shape index (κ1) is 18.7. The van der Waals surface area contributed by atoms with Crippen LogP contribution in [0, 0.1) is 0 Å². The summed E-state index contributed by atoms with van der Waals surface area (Å²) >= 11 is 1.84. The summed E-state index contributed by atoms with van der Waals surface area (Å²) in [5.74, 6) is -4.37. The molecule has 0 aliphatic rings. The summed E-state index contributed by atoms with van der Waals surface area (Å²) in [6, 6.07) is 19.1. The molecule has 0 aliphatic heterocycles. The zero-order valence-electron chi connectivity index (χ0n) is 12.7. The lowest BCUT2D eigenvalue weighted by Gasteiger charge is -2.08. The zero-order valence-corrected chi connectivity index (χ0v) is 13.5. The van der Waals surface area contributed by atoms with Gasteiger partial charge in [-0.25, -0.2) is 0 Å². The molecular weight excluding hydrogens is 314 g/mol. The lowest BCUT2D eigenvalue weighted by molar-refractivity contribution is -0.345. The summed E-state index contributed by atoms with van der Waals surface area (Å²) in [6.45, 7) is 1.02.